The fraction of sp³-hybridized carbons (Fsp3) is 0.696. The highest BCUT2D eigenvalue weighted by Crippen LogP contribution is 2.37. The van der Waals surface area contributed by atoms with E-state index in [1.165, 1.54) is 12.1 Å². The van der Waals surface area contributed by atoms with E-state index < -0.39 is 32.7 Å². The third-order valence-corrected chi connectivity index (χ3v) is 9.41. The normalized spacial score (nSPS) is 20.6. The molecule has 1 amide bonds. The second-order valence-corrected chi connectivity index (χ2v) is 11.7. The molecule has 0 atom stereocenters. The molecule has 34 heavy (non-hydrogen) atoms. The predicted octanol–water partition coefficient (Wildman–Crippen LogP) is 4.54. The lowest BCUT2D eigenvalue weighted by Gasteiger charge is -2.47. The topological polar surface area (TPSA) is 69.7 Å². The monoisotopic (exact) mass is 523 g/mol. The molecule has 0 aromatic heterocycles. The van der Waals surface area contributed by atoms with Crippen LogP contribution in [-0.4, -0.2) is 67.5 Å². The smallest absolute Gasteiger partial charge is 0.350 e. The lowest BCUT2D eigenvalue weighted by atomic mass is 9.87. The number of nitrogens with one attached hydrogen (secondary N) is 1. The molecule has 1 saturated heterocycles. The molecular formula is C23H33ClF3N3O3S. The average Bonchev–Trinajstić information content (AvgIpc) is 3.03. The van der Waals surface area contributed by atoms with Crippen LogP contribution in [0.15, 0.2) is 18.2 Å². The molecule has 11 heteroatoms. The molecule has 1 saturated carbocycles. The quantitative estimate of drug-likeness (QED) is 0.533. The molecule has 0 bridgehead atoms. The van der Waals surface area contributed by atoms with Gasteiger partial charge in [0.25, 0.3) is 5.91 Å². The molecule has 1 heterocycles. The summed E-state index contributed by atoms with van der Waals surface area (Å²) in [6.07, 6.45) is 1.73. The van der Waals surface area contributed by atoms with Gasteiger partial charge in [-0.1, -0.05) is 50.3 Å². The highest BCUT2D eigenvalue weighted by atomic mass is 35.5. The molecule has 0 spiro atoms. The van der Waals surface area contributed by atoms with Crippen molar-refractivity contribution in [2.24, 2.45) is 0 Å². The summed E-state index contributed by atoms with van der Waals surface area (Å²) in [6, 6.07) is 3.34. The van der Waals surface area contributed by atoms with E-state index in [-0.39, 0.29) is 23.4 Å². The Morgan fingerprint density at radius 3 is 2.26 bits per heavy atom. The molecular weight excluding hydrogens is 491 g/mol. The van der Waals surface area contributed by atoms with Crippen molar-refractivity contribution in [1.82, 2.24) is 14.5 Å². The predicted molar refractivity (Wildman–Crippen MR) is 126 cm³/mol. The number of amides is 1. The Labute approximate surface area is 204 Å². The molecule has 1 aromatic rings. The van der Waals surface area contributed by atoms with Crippen LogP contribution in [0.5, 0.6) is 0 Å². The minimum absolute atomic E-state index is 0.131. The Hall–Kier alpha value is -1.36. The molecule has 192 valence electrons. The molecule has 2 fully saturated rings. The molecule has 1 aromatic carbocycles. The molecule has 3 rings (SSSR count). The van der Waals surface area contributed by atoms with Crippen LogP contribution in [0.1, 0.15) is 67.8 Å². The van der Waals surface area contributed by atoms with Gasteiger partial charge in [0.2, 0.25) is 10.0 Å². The van der Waals surface area contributed by atoms with Gasteiger partial charge < -0.3 is 5.32 Å². The van der Waals surface area contributed by atoms with Crippen molar-refractivity contribution in [3.05, 3.63) is 34.3 Å². The lowest BCUT2D eigenvalue weighted by Crippen LogP contribution is -2.61. The third-order valence-electron chi connectivity index (χ3n) is 6.93. The highest BCUT2D eigenvalue weighted by molar-refractivity contribution is 7.89. The molecule has 0 radical (unpaired) electrons. The fourth-order valence-electron chi connectivity index (χ4n) is 5.09. The van der Waals surface area contributed by atoms with Crippen LogP contribution < -0.4 is 5.32 Å². The van der Waals surface area contributed by atoms with Crippen molar-refractivity contribution >= 4 is 27.5 Å². The number of carbonyl (C=O) groups excluding carboxylic acids is 1. The molecule has 2 aliphatic rings. The van der Waals surface area contributed by atoms with Crippen LogP contribution in [0, 0.1) is 0 Å². The Bertz CT molecular complexity index is 956. The number of nitrogens with zero attached hydrogens (tertiary/aromatic N) is 2. The Morgan fingerprint density at radius 1 is 1.09 bits per heavy atom. The van der Waals surface area contributed by atoms with E-state index in [0.717, 1.165) is 44.6 Å². The minimum atomic E-state index is -4.65. The second kappa shape index (κ2) is 11.1. The summed E-state index contributed by atoms with van der Waals surface area (Å²) in [6.45, 7) is 4.04. The number of sulfonamides is 1. The van der Waals surface area contributed by atoms with Crippen molar-refractivity contribution in [3.63, 3.8) is 0 Å². The summed E-state index contributed by atoms with van der Waals surface area (Å²) < 4.78 is 66.1. The van der Waals surface area contributed by atoms with Crippen LogP contribution in [-0.2, 0) is 16.2 Å². The number of piperazine rings is 1. The molecule has 1 aliphatic heterocycles. The van der Waals surface area contributed by atoms with Crippen molar-refractivity contribution in [3.8, 4) is 0 Å². The molecule has 6 nitrogen and oxygen atoms in total. The van der Waals surface area contributed by atoms with Gasteiger partial charge in [-0.05, 0) is 31.4 Å². The maximum atomic E-state index is 13.2. The zero-order valence-electron chi connectivity index (χ0n) is 19.5. The van der Waals surface area contributed by atoms with Crippen LogP contribution >= 0.6 is 11.6 Å². The van der Waals surface area contributed by atoms with E-state index in [9.17, 15) is 26.4 Å². The Kier molecular flexibility index (Phi) is 8.92. The van der Waals surface area contributed by atoms with E-state index in [2.05, 4.69) is 10.2 Å². The zero-order chi connectivity index (χ0) is 25.0. The van der Waals surface area contributed by atoms with E-state index in [1.807, 2.05) is 6.92 Å². The van der Waals surface area contributed by atoms with Gasteiger partial charge in [0.05, 0.1) is 21.9 Å². The summed E-state index contributed by atoms with van der Waals surface area (Å²) in [7, 11) is -3.27. The summed E-state index contributed by atoms with van der Waals surface area (Å²) in [4.78, 5) is 15.2. The van der Waals surface area contributed by atoms with Crippen molar-refractivity contribution < 1.29 is 26.4 Å². The van der Waals surface area contributed by atoms with Gasteiger partial charge in [-0.25, -0.2) is 8.42 Å². The van der Waals surface area contributed by atoms with E-state index in [1.54, 1.807) is 4.31 Å². The maximum absolute atomic E-state index is 13.2. The summed E-state index contributed by atoms with van der Waals surface area (Å²) in [5.74, 6) is -0.504. The first-order valence-electron chi connectivity index (χ1n) is 11.9. The Morgan fingerprint density at radius 2 is 1.71 bits per heavy atom. The largest absolute Gasteiger partial charge is 0.417 e. The second-order valence-electron chi connectivity index (χ2n) is 9.19. The first-order valence-corrected chi connectivity index (χ1v) is 13.9. The van der Waals surface area contributed by atoms with E-state index in [0.29, 0.717) is 32.6 Å². The van der Waals surface area contributed by atoms with E-state index in [4.69, 9.17) is 11.6 Å². The van der Waals surface area contributed by atoms with Gasteiger partial charge in [0.1, 0.15) is 0 Å². The van der Waals surface area contributed by atoms with Crippen molar-refractivity contribution in [2.45, 2.75) is 63.6 Å². The van der Waals surface area contributed by atoms with Gasteiger partial charge in [-0.3, -0.25) is 9.69 Å². The van der Waals surface area contributed by atoms with Gasteiger partial charge in [-0.15, -0.1) is 0 Å². The van der Waals surface area contributed by atoms with Gasteiger partial charge >= 0.3 is 6.18 Å². The van der Waals surface area contributed by atoms with Crippen LogP contribution in [0.2, 0.25) is 5.02 Å². The lowest BCUT2D eigenvalue weighted by molar-refractivity contribution is -0.137. The highest BCUT2D eigenvalue weighted by Gasteiger charge is 2.41. The number of hydrogen-bond acceptors (Lipinski definition) is 4. The number of halogens is 4. The fourth-order valence-corrected chi connectivity index (χ4v) is 6.90. The number of hydrogen-bond donors (Lipinski definition) is 1. The molecule has 1 aliphatic carbocycles. The summed E-state index contributed by atoms with van der Waals surface area (Å²) in [5.41, 5.74) is -1.59. The van der Waals surface area contributed by atoms with Crippen molar-refractivity contribution in [1.29, 1.82) is 0 Å². The van der Waals surface area contributed by atoms with E-state index >= 15 is 0 Å². The van der Waals surface area contributed by atoms with Crippen LogP contribution in [0.4, 0.5) is 13.2 Å². The van der Waals surface area contributed by atoms with Crippen molar-refractivity contribution in [2.75, 3.05) is 38.5 Å². The first kappa shape index (κ1) is 27.2. The summed E-state index contributed by atoms with van der Waals surface area (Å²) >= 11 is 5.95. The maximum Gasteiger partial charge on any atom is 0.417 e. The van der Waals surface area contributed by atoms with Gasteiger partial charge in [0.15, 0.2) is 0 Å². The molecule has 0 unspecified atom stereocenters. The average molecular weight is 524 g/mol. The number of benzene rings is 1. The minimum Gasteiger partial charge on any atom is -0.350 e. The van der Waals surface area contributed by atoms with Crippen LogP contribution in [0.3, 0.4) is 0 Å². The number of alkyl halides is 3. The zero-order valence-corrected chi connectivity index (χ0v) is 21.0. The third kappa shape index (κ3) is 6.25. The van der Waals surface area contributed by atoms with Crippen LogP contribution in [0.25, 0.3) is 0 Å². The number of rotatable bonds is 7. The molecule has 1 N–H and O–H groups in total. The Balaban J connectivity index is 1.75. The SMILES string of the molecule is CCCS(=O)(=O)N1CCN(C2(CNC(=O)c3cccc(C(F)(F)F)c3Cl)CCCCCC2)CC1. The first-order chi connectivity index (χ1) is 16.0. The van der Waals surface area contributed by atoms with Gasteiger partial charge in [-0.2, -0.15) is 17.5 Å². The standard InChI is InChI=1S/C23H33ClF3N3O3S/c1-2-16-34(32,33)30-14-12-29(13-15-30)22(10-5-3-4-6-11-22)17-28-21(31)18-8-7-9-19(20(18)24)23(25,26)27/h7-9H,2-6,10-17H2,1H3,(H,28,31). The summed E-state index contributed by atoms with van der Waals surface area (Å²) in [5, 5.41) is 2.25. The van der Waals surface area contributed by atoms with Gasteiger partial charge in [0, 0.05) is 38.3 Å². The number of carbonyl (C=O) groups is 1.